The van der Waals surface area contributed by atoms with Gasteiger partial charge in [0.15, 0.2) is 0 Å². The molecule has 2 unspecified atom stereocenters. The summed E-state index contributed by atoms with van der Waals surface area (Å²) in [5, 5.41) is 3.19. The number of esters is 1. The summed E-state index contributed by atoms with van der Waals surface area (Å²) in [5.74, 6) is -0.604. The minimum Gasteiger partial charge on any atom is -0.474 e. The lowest BCUT2D eigenvalue weighted by atomic mass is 9.98. The number of ether oxygens (including phenoxy) is 2. The number of hydrogen-bond acceptors (Lipinski definition) is 7. The van der Waals surface area contributed by atoms with Gasteiger partial charge in [-0.3, -0.25) is 0 Å². The van der Waals surface area contributed by atoms with Crippen LogP contribution in [0.25, 0.3) is 0 Å². The Labute approximate surface area is 175 Å². The van der Waals surface area contributed by atoms with Crippen molar-refractivity contribution in [1.29, 1.82) is 0 Å². The fourth-order valence-electron chi connectivity index (χ4n) is 4.63. The van der Waals surface area contributed by atoms with Crippen molar-refractivity contribution in [3.8, 4) is 5.88 Å². The van der Waals surface area contributed by atoms with Gasteiger partial charge in [-0.15, -0.1) is 0 Å². The molecule has 4 heterocycles. The van der Waals surface area contributed by atoms with E-state index in [2.05, 4.69) is 10.3 Å². The van der Waals surface area contributed by atoms with Crippen molar-refractivity contribution in [2.75, 3.05) is 32.8 Å². The zero-order valence-electron chi connectivity index (χ0n) is 16.9. The van der Waals surface area contributed by atoms with E-state index in [-0.39, 0.29) is 38.4 Å². The molecule has 3 aliphatic rings. The first-order valence-corrected chi connectivity index (χ1v) is 11.7. The minimum atomic E-state index is -3.84. The summed E-state index contributed by atoms with van der Waals surface area (Å²) in [4.78, 5) is 16.6. The number of carbonyl (C=O) groups excluding carboxylic acids is 1. The van der Waals surface area contributed by atoms with E-state index in [4.69, 9.17) is 9.47 Å². The molecule has 0 aliphatic carbocycles. The lowest BCUT2D eigenvalue weighted by molar-refractivity contribution is -0.154. The SMILES string of the molecule is CCOC(=O)C12CCC(CNC1)N2S(=O)(=O)N1CCC(Oc2ccc(F)cn2)CC1. The van der Waals surface area contributed by atoms with Crippen molar-refractivity contribution < 1.29 is 27.1 Å². The Hall–Kier alpha value is -1.82. The molecule has 2 bridgehead atoms. The summed E-state index contributed by atoms with van der Waals surface area (Å²) in [5.41, 5.74) is -1.18. The Morgan fingerprint density at radius 1 is 1.33 bits per heavy atom. The lowest BCUT2D eigenvalue weighted by Crippen LogP contribution is -2.68. The maximum Gasteiger partial charge on any atom is 0.328 e. The molecular weight excluding hydrogens is 415 g/mol. The largest absolute Gasteiger partial charge is 0.474 e. The van der Waals surface area contributed by atoms with Crippen molar-refractivity contribution >= 4 is 16.2 Å². The Morgan fingerprint density at radius 2 is 2.10 bits per heavy atom. The smallest absolute Gasteiger partial charge is 0.328 e. The number of pyridine rings is 1. The maximum absolute atomic E-state index is 13.5. The second kappa shape index (κ2) is 8.37. The van der Waals surface area contributed by atoms with Crippen molar-refractivity contribution in [3.63, 3.8) is 0 Å². The van der Waals surface area contributed by atoms with Crippen molar-refractivity contribution in [2.45, 2.75) is 50.3 Å². The first-order valence-electron chi connectivity index (χ1n) is 10.3. The van der Waals surface area contributed by atoms with E-state index >= 15 is 0 Å². The monoisotopic (exact) mass is 442 g/mol. The summed E-state index contributed by atoms with van der Waals surface area (Å²) in [6.45, 7) is 3.27. The average molecular weight is 443 g/mol. The van der Waals surface area contributed by atoms with Gasteiger partial charge in [0, 0.05) is 38.3 Å². The third-order valence-electron chi connectivity index (χ3n) is 6.06. The third-order valence-corrected chi connectivity index (χ3v) is 8.22. The van der Waals surface area contributed by atoms with Crippen LogP contribution in [0.15, 0.2) is 18.3 Å². The normalized spacial score (nSPS) is 28.4. The molecule has 1 aromatic heterocycles. The Bertz CT molecular complexity index is 871. The molecule has 4 rings (SSSR count). The van der Waals surface area contributed by atoms with E-state index in [1.54, 1.807) is 6.92 Å². The zero-order chi connectivity index (χ0) is 21.4. The van der Waals surface area contributed by atoms with Crippen LogP contribution in [0.1, 0.15) is 32.6 Å². The van der Waals surface area contributed by atoms with E-state index in [1.807, 2.05) is 0 Å². The second-order valence-electron chi connectivity index (χ2n) is 7.91. The molecule has 1 N–H and O–H groups in total. The number of carbonyl (C=O) groups is 1. The van der Waals surface area contributed by atoms with E-state index < -0.39 is 27.5 Å². The van der Waals surface area contributed by atoms with Gasteiger partial charge in [0.05, 0.1) is 12.8 Å². The number of nitrogens with one attached hydrogen (secondary N) is 1. The number of aromatic nitrogens is 1. The van der Waals surface area contributed by atoms with Crippen LogP contribution >= 0.6 is 0 Å². The highest BCUT2D eigenvalue weighted by molar-refractivity contribution is 7.86. The zero-order valence-corrected chi connectivity index (χ0v) is 17.7. The van der Waals surface area contributed by atoms with Gasteiger partial charge in [0.2, 0.25) is 5.88 Å². The standard InChI is InChI=1S/C19H27FN4O5S/c1-2-28-18(25)19-8-5-15(12-21-13-19)24(19)30(26,27)23-9-6-16(7-10-23)29-17-4-3-14(20)11-22-17/h3-4,11,15-16,21H,2,5-10,12-13H2,1H3. The molecule has 30 heavy (non-hydrogen) atoms. The lowest BCUT2D eigenvalue weighted by Gasteiger charge is -2.44. The van der Waals surface area contributed by atoms with Crippen LogP contribution in [0, 0.1) is 5.82 Å². The van der Waals surface area contributed by atoms with Gasteiger partial charge < -0.3 is 14.8 Å². The summed E-state index contributed by atoms with van der Waals surface area (Å²) in [6.07, 6.45) is 2.94. The summed E-state index contributed by atoms with van der Waals surface area (Å²) in [7, 11) is -3.84. The van der Waals surface area contributed by atoms with E-state index in [0.29, 0.717) is 38.1 Å². The highest BCUT2D eigenvalue weighted by atomic mass is 32.2. The first kappa shape index (κ1) is 21.4. The van der Waals surface area contributed by atoms with Crippen molar-refractivity contribution in [1.82, 2.24) is 18.9 Å². The van der Waals surface area contributed by atoms with Gasteiger partial charge in [-0.25, -0.2) is 14.2 Å². The molecule has 2 atom stereocenters. The molecule has 0 spiro atoms. The van der Waals surface area contributed by atoms with Gasteiger partial charge in [0.25, 0.3) is 10.2 Å². The average Bonchev–Trinajstić information content (AvgIpc) is 2.98. The Morgan fingerprint density at radius 3 is 2.77 bits per heavy atom. The van der Waals surface area contributed by atoms with E-state index in [0.717, 1.165) is 6.20 Å². The molecule has 0 aromatic carbocycles. The molecule has 11 heteroatoms. The number of nitrogens with zero attached hydrogens (tertiary/aromatic N) is 3. The first-order chi connectivity index (χ1) is 14.4. The van der Waals surface area contributed by atoms with Gasteiger partial charge in [-0.1, -0.05) is 0 Å². The van der Waals surface area contributed by atoms with Gasteiger partial charge in [0.1, 0.15) is 17.5 Å². The molecule has 3 saturated heterocycles. The highest BCUT2D eigenvalue weighted by Gasteiger charge is 2.61. The Balaban J connectivity index is 1.46. The van der Waals surface area contributed by atoms with Crippen LogP contribution in [-0.4, -0.2) is 78.5 Å². The predicted molar refractivity (Wildman–Crippen MR) is 105 cm³/mol. The minimum absolute atomic E-state index is 0.201. The number of rotatable bonds is 6. The predicted octanol–water partition coefficient (Wildman–Crippen LogP) is 0.678. The van der Waals surface area contributed by atoms with Crippen molar-refractivity contribution in [3.05, 3.63) is 24.1 Å². The number of hydrogen-bond donors (Lipinski definition) is 1. The van der Waals surface area contributed by atoms with Gasteiger partial charge >= 0.3 is 5.97 Å². The number of fused-ring (bicyclic) bond motifs is 2. The summed E-state index contributed by atoms with van der Waals surface area (Å²) in [6, 6.07) is 2.47. The van der Waals surface area contributed by atoms with Crippen LogP contribution in [0.2, 0.25) is 0 Å². The molecule has 0 saturated carbocycles. The van der Waals surface area contributed by atoms with Gasteiger partial charge in [-0.05, 0) is 38.7 Å². The molecule has 1 aromatic rings. The number of piperazine rings is 1. The van der Waals surface area contributed by atoms with E-state index in [1.165, 1.54) is 20.7 Å². The molecule has 9 nitrogen and oxygen atoms in total. The molecule has 166 valence electrons. The summed E-state index contributed by atoms with van der Waals surface area (Å²) >= 11 is 0. The van der Waals surface area contributed by atoms with Crippen LogP contribution in [0.5, 0.6) is 5.88 Å². The van der Waals surface area contributed by atoms with E-state index in [9.17, 15) is 17.6 Å². The molecule has 0 amide bonds. The number of piperidine rings is 1. The van der Waals surface area contributed by atoms with Crippen LogP contribution in [-0.2, 0) is 19.7 Å². The molecule has 0 radical (unpaired) electrons. The highest BCUT2D eigenvalue weighted by Crippen LogP contribution is 2.41. The second-order valence-corrected chi connectivity index (χ2v) is 9.72. The fourth-order valence-corrected chi connectivity index (χ4v) is 6.78. The molecule has 3 aliphatic heterocycles. The molecule has 3 fully saturated rings. The van der Waals surface area contributed by atoms with Crippen LogP contribution in [0.4, 0.5) is 4.39 Å². The van der Waals surface area contributed by atoms with Crippen molar-refractivity contribution in [2.24, 2.45) is 0 Å². The van der Waals surface area contributed by atoms with Crippen LogP contribution < -0.4 is 10.1 Å². The summed E-state index contributed by atoms with van der Waals surface area (Å²) < 4.78 is 53.9. The third kappa shape index (κ3) is 3.79. The van der Waals surface area contributed by atoms with Crippen LogP contribution in [0.3, 0.4) is 0 Å². The van der Waals surface area contributed by atoms with Gasteiger partial charge in [-0.2, -0.15) is 17.0 Å². The number of halogens is 1. The Kier molecular flexibility index (Phi) is 5.97. The topological polar surface area (TPSA) is 101 Å². The molecular formula is C19H27FN4O5S. The fraction of sp³-hybridized carbons (Fsp3) is 0.684. The quantitative estimate of drug-likeness (QED) is 0.647. The maximum atomic E-state index is 13.5.